The van der Waals surface area contributed by atoms with Gasteiger partial charge in [-0.2, -0.15) is 0 Å². The van der Waals surface area contributed by atoms with Crippen LogP contribution in [0.15, 0.2) is 42.5 Å². The molecule has 9 heteroatoms. The second-order valence-electron chi connectivity index (χ2n) is 6.58. The number of piperazine rings is 1. The topological polar surface area (TPSA) is 130 Å². The Kier molecular flexibility index (Phi) is 5.87. The highest BCUT2D eigenvalue weighted by atomic mass is 16.3. The van der Waals surface area contributed by atoms with E-state index in [-0.39, 0.29) is 37.0 Å². The van der Waals surface area contributed by atoms with Crippen LogP contribution in [-0.4, -0.2) is 75.6 Å². The zero-order chi connectivity index (χ0) is 21.0. The van der Waals surface area contributed by atoms with E-state index in [0.717, 1.165) is 12.1 Å². The molecule has 29 heavy (non-hydrogen) atoms. The van der Waals surface area contributed by atoms with Crippen molar-refractivity contribution >= 4 is 17.7 Å². The minimum Gasteiger partial charge on any atom is -0.504 e. The van der Waals surface area contributed by atoms with Crippen LogP contribution in [0.25, 0.3) is 0 Å². The summed E-state index contributed by atoms with van der Waals surface area (Å²) >= 11 is 0. The molecule has 1 fully saturated rings. The molecule has 0 atom stereocenters. The maximum absolute atomic E-state index is 12.5. The SMILES string of the molecule is O=C(NCC(=O)N1CCN(C(=O)c2cc(O)c(O)c(O)c2)CC1)c1ccccc1. The van der Waals surface area contributed by atoms with Gasteiger partial charge in [-0.05, 0) is 24.3 Å². The third-order valence-electron chi connectivity index (χ3n) is 4.67. The molecule has 1 aliphatic heterocycles. The monoisotopic (exact) mass is 399 g/mol. The van der Waals surface area contributed by atoms with Gasteiger partial charge in [-0.25, -0.2) is 0 Å². The Morgan fingerprint density at radius 1 is 0.828 bits per heavy atom. The van der Waals surface area contributed by atoms with Crippen LogP contribution in [0.3, 0.4) is 0 Å². The summed E-state index contributed by atoms with van der Waals surface area (Å²) < 4.78 is 0. The van der Waals surface area contributed by atoms with Gasteiger partial charge in [-0.15, -0.1) is 0 Å². The molecular weight excluding hydrogens is 378 g/mol. The van der Waals surface area contributed by atoms with Crippen molar-refractivity contribution in [2.45, 2.75) is 0 Å². The van der Waals surface area contributed by atoms with Crippen LogP contribution >= 0.6 is 0 Å². The summed E-state index contributed by atoms with van der Waals surface area (Å²) in [6, 6.07) is 10.7. The lowest BCUT2D eigenvalue weighted by atomic mass is 10.1. The van der Waals surface area contributed by atoms with Gasteiger partial charge in [0.15, 0.2) is 17.2 Å². The number of phenols is 3. The Bertz CT molecular complexity index is 900. The number of nitrogens with zero attached hydrogens (tertiary/aromatic N) is 2. The van der Waals surface area contributed by atoms with Gasteiger partial charge in [0.05, 0.1) is 6.54 Å². The number of rotatable bonds is 4. The second kappa shape index (κ2) is 8.51. The Morgan fingerprint density at radius 3 is 1.97 bits per heavy atom. The average molecular weight is 399 g/mol. The van der Waals surface area contributed by atoms with E-state index < -0.39 is 23.2 Å². The molecule has 0 saturated carbocycles. The first kappa shape index (κ1) is 20.0. The lowest BCUT2D eigenvalue weighted by Crippen LogP contribution is -2.52. The van der Waals surface area contributed by atoms with Crippen LogP contribution in [0, 0.1) is 0 Å². The Labute approximate surface area is 166 Å². The van der Waals surface area contributed by atoms with Crippen molar-refractivity contribution in [3.63, 3.8) is 0 Å². The fourth-order valence-corrected chi connectivity index (χ4v) is 3.03. The van der Waals surface area contributed by atoms with Gasteiger partial charge in [0, 0.05) is 37.3 Å². The molecule has 0 radical (unpaired) electrons. The van der Waals surface area contributed by atoms with Gasteiger partial charge >= 0.3 is 0 Å². The molecule has 2 aromatic rings. The zero-order valence-electron chi connectivity index (χ0n) is 15.5. The van der Waals surface area contributed by atoms with Gasteiger partial charge < -0.3 is 30.4 Å². The van der Waals surface area contributed by atoms with Gasteiger partial charge in [0.25, 0.3) is 11.8 Å². The molecular formula is C20H21N3O6. The summed E-state index contributed by atoms with van der Waals surface area (Å²) in [6.45, 7) is 0.976. The van der Waals surface area contributed by atoms with Crippen molar-refractivity contribution in [3.8, 4) is 17.2 Å². The standard InChI is InChI=1S/C20H21N3O6/c24-15-10-14(11-16(25)18(15)27)20(29)23-8-6-22(7-9-23)17(26)12-21-19(28)13-4-2-1-3-5-13/h1-5,10-11,24-25,27H,6-9,12H2,(H,21,28). The fraction of sp³-hybridized carbons (Fsp3) is 0.250. The summed E-state index contributed by atoms with van der Waals surface area (Å²) in [5.41, 5.74) is 0.504. The summed E-state index contributed by atoms with van der Waals surface area (Å²) in [5, 5.41) is 31.1. The maximum Gasteiger partial charge on any atom is 0.254 e. The number of nitrogens with one attached hydrogen (secondary N) is 1. The molecule has 3 rings (SSSR count). The number of phenolic OH excluding ortho intramolecular Hbond substituents is 3. The molecule has 1 saturated heterocycles. The van der Waals surface area contributed by atoms with Crippen LogP contribution in [0.2, 0.25) is 0 Å². The van der Waals surface area contributed by atoms with Crippen molar-refractivity contribution in [1.82, 2.24) is 15.1 Å². The average Bonchev–Trinajstić information content (AvgIpc) is 2.75. The Morgan fingerprint density at radius 2 is 1.38 bits per heavy atom. The maximum atomic E-state index is 12.5. The minimum atomic E-state index is -0.686. The van der Waals surface area contributed by atoms with Crippen molar-refractivity contribution in [3.05, 3.63) is 53.6 Å². The van der Waals surface area contributed by atoms with E-state index in [1.165, 1.54) is 4.90 Å². The molecule has 1 aliphatic rings. The van der Waals surface area contributed by atoms with Gasteiger partial charge in [0.2, 0.25) is 5.91 Å². The lowest BCUT2D eigenvalue weighted by Gasteiger charge is -2.35. The fourth-order valence-electron chi connectivity index (χ4n) is 3.03. The van der Waals surface area contributed by atoms with Gasteiger partial charge in [-0.1, -0.05) is 18.2 Å². The first-order valence-corrected chi connectivity index (χ1v) is 9.02. The summed E-state index contributed by atoms with van der Waals surface area (Å²) in [6.07, 6.45) is 0. The Balaban J connectivity index is 1.51. The molecule has 0 aromatic heterocycles. The summed E-state index contributed by atoms with van der Waals surface area (Å²) in [7, 11) is 0. The van der Waals surface area contributed by atoms with Crippen LogP contribution in [-0.2, 0) is 4.79 Å². The first-order chi connectivity index (χ1) is 13.9. The highest BCUT2D eigenvalue weighted by molar-refractivity contribution is 5.97. The normalized spacial score (nSPS) is 13.8. The molecule has 0 aliphatic carbocycles. The highest BCUT2D eigenvalue weighted by Gasteiger charge is 2.26. The lowest BCUT2D eigenvalue weighted by molar-refractivity contribution is -0.131. The van der Waals surface area contributed by atoms with Gasteiger partial charge in [0.1, 0.15) is 0 Å². The molecule has 0 unspecified atom stereocenters. The van der Waals surface area contributed by atoms with E-state index >= 15 is 0 Å². The molecule has 4 N–H and O–H groups in total. The smallest absolute Gasteiger partial charge is 0.254 e. The number of carbonyl (C=O) groups is 3. The van der Waals surface area contributed by atoms with Crippen molar-refractivity contribution in [1.29, 1.82) is 0 Å². The number of benzene rings is 2. The van der Waals surface area contributed by atoms with Crippen molar-refractivity contribution in [2.75, 3.05) is 32.7 Å². The predicted molar refractivity (Wildman–Crippen MR) is 103 cm³/mol. The molecule has 9 nitrogen and oxygen atoms in total. The van der Waals surface area contributed by atoms with E-state index in [0.29, 0.717) is 18.7 Å². The van der Waals surface area contributed by atoms with Crippen LogP contribution in [0.5, 0.6) is 17.2 Å². The quantitative estimate of drug-likeness (QED) is 0.555. The number of aromatic hydroxyl groups is 3. The number of carbonyl (C=O) groups excluding carboxylic acids is 3. The van der Waals surface area contributed by atoms with E-state index in [1.807, 2.05) is 0 Å². The van der Waals surface area contributed by atoms with Crippen molar-refractivity contribution < 1.29 is 29.7 Å². The van der Waals surface area contributed by atoms with Crippen molar-refractivity contribution in [2.24, 2.45) is 0 Å². The van der Waals surface area contributed by atoms with Crippen LogP contribution in [0.4, 0.5) is 0 Å². The summed E-state index contributed by atoms with van der Waals surface area (Å²) in [5.74, 6) is -2.87. The molecule has 152 valence electrons. The van der Waals surface area contributed by atoms with Gasteiger partial charge in [-0.3, -0.25) is 14.4 Å². The zero-order valence-corrected chi connectivity index (χ0v) is 15.5. The van der Waals surface area contributed by atoms with E-state index in [2.05, 4.69) is 5.32 Å². The molecule has 3 amide bonds. The molecule has 2 aromatic carbocycles. The number of hydrogen-bond donors (Lipinski definition) is 4. The Hall–Kier alpha value is -3.75. The van der Waals surface area contributed by atoms with E-state index in [4.69, 9.17) is 0 Å². The third-order valence-corrected chi connectivity index (χ3v) is 4.67. The largest absolute Gasteiger partial charge is 0.504 e. The molecule has 1 heterocycles. The highest BCUT2D eigenvalue weighted by Crippen LogP contribution is 2.35. The number of amides is 3. The minimum absolute atomic E-state index is 0.0349. The number of hydrogen-bond acceptors (Lipinski definition) is 6. The van der Waals surface area contributed by atoms with Crippen LogP contribution in [0.1, 0.15) is 20.7 Å². The molecule has 0 bridgehead atoms. The second-order valence-corrected chi connectivity index (χ2v) is 6.58. The first-order valence-electron chi connectivity index (χ1n) is 9.02. The predicted octanol–water partition coefficient (Wildman–Crippen LogP) is 0.518. The van der Waals surface area contributed by atoms with E-state index in [9.17, 15) is 29.7 Å². The summed E-state index contributed by atoms with van der Waals surface area (Å²) in [4.78, 5) is 39.9. The molecule has 0 spiro atoms. The third kappa shape index (κ3) is 4.57. The van der Waals surface area contributed by atoms with E-state index in [1.54, 1.807) is 35.2 Å². The van der Waals surface area contributed by atoms with Crippen LogP contribution < -0.4 is 5.32 Å².